The average molecular weight is 333 g/mol. The SMILES string of the molecule is CSc1ccc(/C=N\NC(=S)NCc2ccc(F)cc2)cc1. The highest BCUT2D eigenvalue weighted by Gasteiger charge is 1.96. The summed E-state index contributed by atoms with van der Waals surface area (Å²) in [7, 11) is 0. The summed E-state index contributed by atoms with van der Waals surface area (Å²) < 4.78 is 12.8. The third kappa shape index (κ3) is 5.46. The number of benzene rings is 2. The zero-order chi connectivity index (χ0) is 15.8. The number of hydrogen-bond donors (Lipinski definition) is 2. The van der Waals surface area contributed by atoms with Gasteiger partial charge in [0.15, 0.2) is 5.11 Å². The van der Waals surface area contributed by atoms with Crippen molar-refractivity contribution in [3.05, 3.63) is 65.5 Å². The third-order valence-electron chi connectivity index (χ3n) is 2.86. The van der Waals surface area contributed by atoms with Crippen molar-refractivity contribution in [3.8, 4) is 0 Å². The second kappa shape index (κ2) is 8.51. The first-order chi connectivity index (χ1) is 10.7. The minimum Gasteiger partial charge on any atom is -0.357 e. The van der Waals surface area contributed by atoms with Crippen LogP contribution >= 0.6 is 24.0 Å². The predicted molar refractivity (Wildman–Crippen MR) is 94.8 cm³/mol. The fraction of sp³-hybridized carbons (Fsp3) is 0.125. The molecule has 0 fully saturated rings. The molecule has 0 saturated carbocycles. The zero-order valence-electron chi connectivity index (χ0n) is 12.0. The van der Waals surface area contributed by atoms with E-state index in [1.807, 2.05) is 30.5 Å². The lowest BCUT2D eigenvalue weighted by atomic mass is 10.2. The molecule has 0 saturated heterocycles. The molecule has 2 rings (SSSR count). The molecule has 0 bridgehead atoms. The predicted octanol–water partition coefficient (Wildman–Crippen LogP) is 3.55. The fourth-order valence-electron chi connectivity index (χ4n) is 1.68. The molecule has 0 unspecified atom stereocenters. The molecule has 3 nitrogen and oxygen atoms in total. The van der Waals surface area contributed by atoms with Gasteiger partial charge in [-0.05, 0) is 53.9 Å². The van der Waals surface area contributed by atoms with Crippen LogP contribution in [0.15, 0.2) is 58.5 Å². The Morgan fingerprint density at radius 2 is 1.86 bits per heavy atom. The Bertz CT molecular complexity index is 639. The zero-order valence-corrected chi connectivity index (χ0v) is 13.7. The molecule has 0 atom stereocenters. The molecule has 22 heavy (non-hydrogen) atoms. The first-order valence-electron chi connectivity index (χ1n) is 6.63. The lowest BCUT2D eigenvalue weighted by Crippen LogP contribution is -2.31. The van der Waals surface area contributed by atoms with Gasteiger partial charge in [-0.25, -0.2) is 4.39 Å². The summed E-state index contributed by atoms with van der Waals surface area (Å²) in [5, 5.41) is 7.50. The van der Waals surface area contributed by atoms with Crippen LogP contribution in [-0.4, -0.2) is 17.6 Å². The van der Waals surface area contributed by atoms with Gasteiger partial charge >= 0.3 is 0 Å². The van der Waals surface area contributed by atoms with Crippen LogP contribution in [0, 0.1) is 5.82 Å². The Kier molecular flexibility index (Phi) is 6.36. The Balaban J connectivity index is 1.76. The van der Waals surface area contributed by atoms with Crippen LogP contribution in [0.4, 0.5) is 4.39 Å². The fourth-order valence-corrected chi connectivity index (χ4v) is 2.21. The summed E-state index contributed by atoms with van der Waals surface area (Å²) in [5.41, 5.74) is 4.69. The topological polar surface area (TPSA) is 36.4 Å². The van der Waals surface area contributed by atoms with Gasteiger partial charge in [-0.2, -0.15) is 5.10 Å². The molecule has 0 amide bonds. The largest absolute Gasteiger partial charge is 0.357 e. The molecule has 2 aromatic carbocycles. The van der Waals surface area contributed by atoms with Gasteiger partial charge < -0.3 is 5.32 Å². The summed E-state index contributed by atoms with van der Waals surface area (Å²) in [4.78, 5) is 1.21. The van der Waals surface area contributed by atoms with Gasteiger partial charge in [-0.1, -0.05) is 24.3 Å². The van der Waals surface area contributed by atoms with E-state index in [1.54, 1.807) is 30.1 Å². The molecule has 0 radical (unpaired) electrons. The Hall–Kier alpha value is -1.92. The van der Waals surface area contributed by atoms with E-state index in [-0.39, 0.29) is 5.82 Å². The molecular weight excluding hydrogens is 317 g/mol. The van der Waals surface area contributed by atoms with Crippen LogP contribution < -0.4 is 10.7 Å². The van der Waals surface area contributed by atoms with Gasteiger partial charge in [-0.15, -0.1) is 11.8 Å². The highest BCUT2D eigenvalue weighted by molar-refractivity contribution is 7.98. The van der Waals surface area contributed by atoms with Crippen LogP contribution in [0.3, 0.4) is 0 Å². The first kappa shape index (κ1) is 16.5. The van der Waals surface area contributed by atoms with Gasteiger partial charge in [0.2, 0.25) is 0 Å². The minimum absolute atomic E-state index is 0.249. The maximum atomic E-state index is 12.8. The Morgan fingerprint density at radius 3 is 2.50 bits per heavy atom. The van der Waals surface area contributed by atoms with Gasteiger partial charge in [-0.3, -0.25) is 5.43 Å². The van der Waals surface area contributed by atoms with Crippen molar-refractivity contribution in [1.29, 1.82) is 0 Å². The molecule has 114 valence electrons. The number of hydrazone groups is 1. The number of nitrogens with one attached hydrogen (secondary N) is 2. The van der Waals surface area contributed by atoms with E-state index in [0.29, 0.717) is 11.7 Å². The highest BCUT2D eigenvalue weighted by Crippen LogP contribution is 2.13. The maximum Gasteiger partial charge on any atom is 0.187 e. The molecule has 2 aromatic rings. The van der Waals surface area contributed by atoms with Gasteiger partial charge in [0.05, 0.1) is 6.21 Å². The molecule has 0 aliphatic heterocycles. The van der Waals surface area contributed by atoms with E-state index in [1.165, 1.54) is 17.0 Å². The summed E-state index contributed by atoms with van der Waals surface area (Å²) in [6, 6.07) is 14.3. The van der Waals surface area contributed by atoms with Crippen molar-refractivity contribution in [3.63, 3.8) is 0 Å². The van der Waals surface area contributed by atoms with E-state index in [0.717, 1.165) is 11.1 Å². The Morgan fingerprint density at radius 1 is 1.18 bits per heavy atom. The molecule has 0 spiro atoms. The lowest BCUT2D eigenvalue weighted by molar-refractivity contribution is 0.626. The number of hydrogen-bond acceptors (Lipinski definition) is 3. The lowest BCUT2D eigenvalue weighted by Gasteiger charge is -2.06. The molecular formula is C16H16FN3S2. The first-order valence-corrected chi connectivity index (χ1v) is 8.26. The molecule has 2 N–H and O–H groups in total. The monoisotopic (exact) mass is 333 g/mol. The van der Waals surface area contributed by atoms with Crippen molar-refractivity contribution in [2.45, 2.75) is 11.4 Å². The normalized spacial score (nSPS) is 10.6. The van der Waals surface area contributed by atoms with E-state index in [2.05, 4.69) is 15.8 Å². The Labute approximate surface area is 139 Å². The highest BCUT2D eigenvalue weighted by atomic mass is 32.2. The summed E-state index contributed by atoms with van der Waals surface area (Å²) in [6.45, 7) is 0.518. The minimum atomic E-state index is -0.249. The van der Waals surface area contributed by atoms with Crippen molar-refractivity contribution in [1.82, 2.24) is 10.7 Å². The van der Waals surface area contributed by atoms with Crippen LogP contribution in [0.1, 0.15) is 11.1 Å². The van der Waals surface area contributed by atoms with E-state index in [9.17, 15) is 4.39 Å². The van der Waals surface area contributed by atoms with Crippen LogP contribution in [0.25, 0.3) is 0 Å². The molecule has 6 heteroatoms. The second-order valence-corrected chi connectivity index (χ2v) is 5.74. The molecule has 0 heterocycles. The quantitative estimate of drug-likeness (QED) is 0.380. The second-order valence-electron chi connectivity index (χ2n) is 4.45. The van der Waals surface area contributed by atoms with Crippen molar-refractivity contribution in [2.24, 2.45) is 5.10 Å². The van der Waals surface area contributed by atoms with Crippen LogP contribution in [0.2, 0.25) is 0 Å². The standard InChI is InChI=1S/C16H16FN3S2/c1-22-15-8-4-13(5-9-15)11-19-20-16(21)18-10-12-2-6-14(17)7-3-12/h2-9,11H,10H2,1H3,(H2,18,20,21)/b19-11-. The summed E-state index contributed by atoms with van der Waals surface area (Å²) in [5.74, 6) is -0.249. The third-order valence-corrected chi connectivity index (χ3v) is 3.84. The molecule has 0 aromatic heterocycles. The number of rotatable bonds is 5. The average Bonchev–Trinajstić information content (AvgIpc) is 2.55. The number of thiocarbonyl (C=S) groups is 1. The summed E-state index contributed by atoms with van der Waals surface area (Å²) >= 11 is 6.82. The maximum absolute atomic E-state index is 12.8. The van der Waals surface area contributed by atoms with Crippen molar-refractivity contribution < 1.29 is 4.39 Å². The van der Waals surface area contributed by atoms with Crippen LogP contribution in [-0.2, 0) is 6.54 Å². The number of thioether (sulfide) groups is 1. The summed E-state index contributed by atoms with van der Waals surface area (Å²) in [6.07, 6.45) is 3.74. The van der Waals surface area contributed by atoms with Gasteiger partial charge in [0.25, 0.3) is 0 Å². The number of halogens is 1. The van der Waals surface area contributed by atoms with Crippen LogP contribution in [0.5, 0.6) is 0 Å². The van der Waals surface area contributed by atoms with Gasteiger partial charge in [0.1, 0.15) is 5.82 Å². The van der Waals surface area contributed by atoms with E-state index >= 15 is 0 Å². The van der Waals surface area contributed by atoms with Gasteiger partial charge in [0, 0.05) is 11.4 Å². The van der Waals surface area contributed by atoms with Crippen molar-refractivity contribution >= 4 is 35.3 Å². The van der Waals surface area contributed by atoms with E-state index < -0.39 is 0 Å². The van der Waals surface area contributed by atoms with Crippen molar-refractivity contribution in [2.75, 3.05) is 6.26 Å². The number of nitrogens with zero attached hydrogens (tertiary/aromatic N) is 1. The molecule has 0 aliphatic carbocycles. The van der Waals surface area contributed by atoms with E-state index in [4.69, 9.17) is 12.2 Å². The smallest absolute Gasteiger partial charge is 0.187 e. The molecule has 0 aliphatic rings.